The molecule has 2 atom stereocenters. The normalized spacial score (nSPS) is 14.5. The third-order valence-electron chi connectivity index (χ3n) is 12.1. The summed E-state index contributed by atoms with van der Waals surface area (Å²) in [5.41, 5.74) is 2.47. The molecule has 0 spiro atoms. The lowest BCUT2D eigenvalue weighted by molar-refractivity contribution is 0.0508. The number of sulfonamides is 2. The number of rotatable bonds is 19. The second-order valence-corrected chi connectivity index (χ2v) is 22.3. The van der Waals surface area contributed by atoms with E-state index in [0.29, 0.717) is 50.8 Å². The van der Waals surface area contributed by atoms with Gasteiger partial charge in [-0.05, 0) is 110 Å². The number of carbonyl (C=O) groups is 2. The molecule has 0 radical (unpaired) electrons. The number of tetrazole rings is 1. The molecular formula is C51H58N10O11S2. The number of ether oxygens (including phenoxy) is 4. The minimum Gasteiger partial charge on any atom is -0.497 e. The summed E-state index contributed by atoms with van der Waals surface area (Å²) in [5.74, 6) is 1.95. The van der Waals surface area contributed by atoms with Crippen molar-refractivity contribution in [3.63, 3.8) is 0 Å². The van der Waals surface area contributed by atoms with Crippen LogP contribution >= 0.6 is 0 Å². The predicted molar refractivity (Wildman–Crippen MR) is 274 cm³/mol. The van der Waals surface area contributed by atoms with Crippen LogP contribution in [0.15, 0.2) is 113 Å². The van der Waals surface area contributed by atoms with E-state index in [0.717, 1.165) is 10.5 Å². The molecule has 8 rings (SSSR count). The van der Waals surface area contributed by atoms with Crippen molar-refractivity contribution in [2.24, 2.45) is 0 Å². The standard InChI is InChI=1S/C51H58N10O11S2/c1-32(52-49(62)72-51(2,3)4)27-44-53-42-10-8-9-41(46(42)54-44)40-23-24-43(73(65,66)57-36-25-26-59(31-36)50(63)64)47(45(40)48-55-58-61(56-48)30-35-15-21-39(71-7)22-16-35)74(67,68)60(28-33-11-17-37(69-5)18-12-33)29-34-13-19-38(70-6)20-14-34/h8-24,32,36,57H,25-31H2,1-7H3,(H,52,62)(H,53,54)(H,63,64)/t32-,36+/m0/s1. The number of amides is 2. The Balaban J connectivity index is 1.35. The van der Waals surface area contributed by atoms with Crippen molar-refractivity contribution in [1.82, 2.24) is 49.4 Å². The highest BCUT2D eigenvalue weighted by Gasteiger charge is 2.40. The van der Waals surface area contributed by atoms with Crippen molar-refractivity contribution in [3.05, 3.63) is 126 Å². The molecule has 4 N–H and O–H groups in total. The number of aromatic nitrogens is 6. The zero-order chi connectivity index (χ0) is 53.0. The molecule has 7 aromatic rings. The van der Waals surface area contributed by atoms with Gasteiger partial charge in [0, 0.05) is 50.2 Å². The fraction of sp³-hybridized carbons (Fsp3) is 0.333. The van der Waals surface area contributed by atoms with E-state index in [4.69, 9.17) is 29.0 Å². The Labute approximate surface area is 428 Å². The number of benzene rings is 5. The largest absolute Gasteiger partial charge is 0.497 e. The monoisotopic (exact) mass is 1050 g/mol. The molecule has 1 aliphatic rings. The van der Waals surface area contributed by atoms with Gasteiger partial charge in [-0.3, -0.25) is 0 Å². The number of nitrogens with one attached hydrogen (secondary N) is 3. The molecule has 23 heteroatoms. The van der Waals surface area contributed by atoms with E-state index in [1.54, 1.807) is 114 Å². The maximum atomic E-state index is 16.3. The number of aromatic amines is 1. The predicted octanol–water partition coefficient (Wildman–Crippen LogP) is 6.83. The van der Waals surface area contributed by atoms with E-state index in [9.17, 15) is 14.7 Å². The topological polar surface area (TPSA) is 262 Å². The van der Waals surface area contributed by atoms with Crippen molar-refractivity contribution < 1.29 is 50.5 Å². The summed E-state index contributed by atoms with van der Waals surface area (Å²) in [7, 11) is -5.26. The van der Waals surface area contributed by atoms with Crippen LogP contribution in [0.4, 0.5) is 9.59 Å². The van der Waals surface area contributed by atoms with Crippen molar-refractivity contribution >= 4 is 43.3 Å². The van der Waals surface area contributed by atoms with Gasteiger partial charge in [-0.15, -0.1) is 10.2 Å². The number of nitrogens with zero attached hydrogens (tertiary/aromatic N) is 7. The van der Waals surface area contributed by atoms with E-state index in [2.05, 4.69) is 25.3 Å². The first-order valence-corrected chi connectivity index (χ1v) is 26.5. The Bertz CT molecular complexity index is 3310. The summed E-state index contributed by atoms with van der Waals surface area (Å²) < 4.78 is 88.1. The van der Waals surface area contributed by atoms with Crippen molar-refractivity contribution in [2.45, 2.75) is 87.6 Å². The molecule has 2 aromatic heterocycles. The van der Waals surface area contributed by atoms with Crippen molar-refractivity contribution in [3.8, 4) is 39.8 Å². The highest BCUT2D eigenvalue weighted by Crippen LogP contribution is 2.43. The van der Waals surface area contributed by atoms with Gasteiger partial charge in [0.2, 0.25) is 25.9 Å². The van der Waals surface area contributed by atoms with Gasteiger partial charge in [0.05, 0.1) is 44.5 Å². The Hall–Kier alpha value is -7.60. The molecular weight excluding hydrogens is 993 g/mol. The average molecular weight is 1050 g/mol. The van der Waals surface area contributed by atoms with Crippen LogP contribution in [0.3, 0.4) is 0 Å². The first-order valence-electron chi connectivity index (χ1n) is 23.6. The number of methoxy groups -OCH3 is 3. The third kappa shape index (κ3) is 12.2. The smallest absolute Gasteiger partial charge is 0.407 e. The molecule has 1 fully saturated rings. The summed E-state index contributed by atoms with van der Waals surface area (Å²) >= 11 is 0. The van der Waals surface area contributed by atoms with Gasteiger partial charge < -0.3 is 39.3 Å². The molecule has 2 amide bonds. The Morgan fingerprint density at radius 1 is 0.824 bits per heavy atom. The summed E-state index contributed by atoms with van der Waals surface area (Å²) in [5, 5.41) is 26.2. The quantitative estimate of drug-likeness (QED) is 0.0647. The van der Waals surface area contributed by atoms with Crippen LogP contribution in [0, 0.1) is 0 Å². The molecule has 0 saturated carbocycles. The van der Waals surface area contributed by atoms with Crippen molar-refractivity contribution in [2.75, 3.05) is 34.4 Å². The molecule has 0 aliphatic carbocycles. The van der Waals surface area contributed by atoms with Crippen LogP contribution < -0.4 is 24.2 Å². The summed E-state index contributed by atoms with van der Waals surface area (Å²) in [6.07, 6.45) is -1.44. The van der Waals surface area contributed by atoms with Gasteiger partial charge in [0.1, 0.15) is 38.5 Å². The Morgan fingerprint density at radius 2 is 1.42 bits per heavy atom. The van der Waals surface area contributed by atoms with E-state index in [1.165, 1.54) is 35.5 Å². The maximum Gasteiger partial charge on any atom is 0.407 e. The van der Waals surface area contributed by atoms with Crippen LogP contribution in [0.25, 0.3) is 33.5 Å². The number of likely N-dealkylation sites (tertiary alicyclic amines) is 1. The van der Waals surface area contributed by atoms with Crippen molar-refractivity contribution in [1.29, 1.82) is 0 Å². The second kappa shape index (κ2) is 21.9. The molecule has 0 bridgehead atoms. The van der Waals surface area contributed by atoms with Gasteiger partial charge in [-0.25, -0.2) is 36.1 Å². The first-order chi connectivity index (χ1) is 35.2. The van der Waals surface area contributed by atoms with Crippen LogP contribution in [0.5, 0.6) is 17.2 Å². The number of imidazole rings is 1. The highest BCUT2D eigenvalue weighted by atomic mass is 32.2. The highest BCUT2D eigenvalue weighted by molar-refractivity contribution is 7.92. The van der Waals surface area contributed by atoms with Crippen LogP contribution in [0.2, 0.25) is 0 Å². The van der Waals surface area contributed by atoms with Crippen LogP contribution in [0.1, 0.15) is 56.6 Å². The van der Waals surface area contributed by atoms with Gasteiger partial charge in [-0.2, -0.15) is 9.10 Å². The fourth-order valence-corrected chi connectivity index (χ4v) is 12.2. The number of fused-ring (bicyclic) bond motifs is 1. The van der Waals surface area contributed by atoms with E-state index >= 15 is 16.8 Å². The Morgan fingerprint density at radius 3 is 1.97 bits per heavy atom. The van der Waals surface area contributed by atoms with E-state index in [1.807, 2.05) is 12.1 Å². The van der Waals surface area contributed by atoms with Crippen LogP contribution in [-0.4, -0.2) is 126 Å². The Kier molecular flexibility index (Phi) is 15.6. The second-order valence-electron chi connectivity index (χ2n) is 18.7. The third-order valence-corrected chi connectivity index (χ3v) is 15.7. The van der Waals surface area contributed by atoms with E-state index < -0.39 is 59.7 Å². The number of H-pyrrole nitrogens is 1. The summed E-state index contributed by atoms with van der Waals surface area (Å²) in [6, 6.07) is 27.4. The lowest BCUT2D eigenvalue weighted by Gasteiger charge is -2.26. The zero-order valence-corrected chi connectivity index (χ0v) is 43.5. The number of carboxylic acid groups (broad SMARTS) is 1. The summed E-state index contributed by atoms with van der Waals surface area (Å²) in [6.45, 7) is 6.60. The lowest BCUT2D eigenvalue weighted by Crippen LogP contribution is -2.39. The minimum absolute atomic E-state index is 0.0576. The number of carbonyl (C=O) groups excluding carboxylic acids is 1. The van der Waals surface area contributed by atoms with E-state index in [-0.39, 0.29) is 62.5 Å². The van der Waals surface area contributed by atoms with Gasteiger partial charge in [0.15, 0.2) is 0 Å². The maximum absolute atomic E-state index is 16.3. The molecule has 5 aromatic carbocycles. The number of hydrogen-bond donors (Lipinski definition) is 4. The number of para-hydroxylation sites is 1. The molecule has 390 valence electrons. The zero-order valence-electron chi connectivity index (χ0n) is 41.9. The number of hydrogen-bond acceptors (Lipinski definition) is 14. The minimum atomic E-state index is -5.02. The molecule has 1 aliphatic heterocycles. The first kappa shape index (κ1) is 52.7. The average Bonchev–Trinajstić information content (AvgIpc) is 4.14. The van der Waals surface area contributed by atoms with Gasteiger partial charge in [0.25, 0.3) is 0 Å². The SMILES string of the molecule is COc1ccc(CN(Cc2ccc(OC)cc2)S(=O)(=O)c2c(S(=O)(=O)N[C@@H]3CCN(C(=O)O)C3)ccc(-c3cccc4[nH]c(C[C@H](C)NC(=O)OC(C)(C)C)nc34)c2-c2nnn(Cc3ccc(OC)cc3)n2)cc1. The summed E-state index contributed by atoms with van der Waals surface area (Å²) in [4.78, 5) is 34.0. The van der Waals surface area contributed by atoms with Crippen LogP contribution in [-0.2, 0) is 50.8 Å². The molecule has 1 saturated heterocycles. The fourth-order valence-electron chi connectivity index (χ4n) is 8.57. The van der Waals surface area contributed by atoms with Gasteiger partial charge in [-0.1, -0.05) is 54.6 Å². The molecule has 3 heterocycles. The molecule has 74 heavy (non-hydrogen) atoms. The molecule has 0 unspecified atom stereocenters. The lowest BCUT2D eigenvalue weighted by atomic mass is 9.98. The number of alkyl carbamates (subject to hydrolysis) is 1. The molecule has 21 nitrogen and oxygen atoms in total. The van der Waals surface area contributed by atoms with Gasteiger partial charge >= 0.3 is 12.2 Å².